The number of hydrogen-bond donors (Lipinski definition) is 2. The molecule has 0 bridgehead atoms. The van der Waals surface area contributed by atoms with Crippen molar-refractivity contribution in [3.8, 4) is 0 Å². The Balaban J connectivity index is 1.68. The summed E-state index contributed by atoms with van der Waals surface area (Å²) in [5.41, 5.74) is 3.41. The van der Waals surface area contributed by atoms with Crippen LogP contribution in [0.3, 0.4) is 0 Å². The first-order valence-electron chi connectivity index (χ1n) is 8.41. The van der Waals surface area contributed by atoms with E-state index in [1.807, 2.05) is 18.2 Å². The minimum absolute atomic E-state index is 0.0898. The average molecular weight is 325 g/mol. The lowest BCUT2D eigenvalue weighted by Crippen LogP contribution is -2.23. The molecule has 0 aliphatic rings. The number of rotatable bonds is 9. The highest BCUT2D eigenvalue weighted by Gasteiger charge is 2.02. The van der Waals surface area contributed by atoms with Crippen molar-refractivity contribution in [2.75, 3.05) is 32.5 Å². The Morgan fingerprint density at radius 1 is 0.958 bits per heavy atom. The number of anilines is 1. The predicted molar refractivity (Wildman–Crippen MR) is 100 cm³/mol. The van der Waals surface area contributed by atoms with Crippen LogP contribution >= 0.6 is 0 Å². The third-order valence-corrected chi connectivity index (χ3v) is 3.82. The van der Waals surface area contributed by atoms with Crippen LogP contribution in [-0.2, 0) is 17.8 Å². The van der Waals surface area contributed by atoms with Crippen LogP contribution < -0.4 is 10.6 Å². The molecular weight excluding hydrogens is 298 g/mol. The van der Waals surface area contributed by atoms with Gasteiger partial charge in [-0.05, 0) is 43.8 Å². The number of likely N-dealkylation sites (N-methyl/N-ethyl adjacent to an activating group) is 1. The summed E-state index contributed by atoms with van der Waals surface area (Å²) in [6, 6.07) is 18.3. The largest absolute Gasteiger partial charge is 0.384 e. The molecule has 0 saturated carbocycles. The van der Waals surface area contributed by atoms with Gasteiger partial charge >= 0.3 is 0 Å². The summed E-state index contributed by atoms with van der Waals surface area (Å²) in [5, 5.41) is 6.36. The van der Waals surface area contributed by atoms with E-state index < -0.39 is 0 Å². The zero-order valence-electron chi connectivity index (χ0n) is 14.6. The number of nitrogens with zero attached hydrogens (tertiary/aromatic N) is 1. The van der Waals surface area contributed by atoms with Gasteiger partial charge in [-0.2, -0.15) is 0 Å². The molecule has 0 saturated heterocycles. The average Bonchev–Trinajstić information content (AvgIpc) is 2.60. The second-order valence-corrected chi connectivity index (χ2v) is 6.19. The van der Waals surface area contributed by atoms with E-state index in [4.69, 9.17) is 0 Å². The van der Waals surface area contributed by atoms with Gasteiger partial charge in [0.2, 0.25) is 5.91 Å². The molecule has 0 fully saturated rings. The van der Waals surface area contributed by atoms with Gasteiger partial charge in [-0.25, -0.2) is 0 Å². The summed E-state index contributed by atoms with van der Waals surface area (Å²) < 4.78 is 0. The molecule has 128 valence electrons. The topological polar surface area (TPSA) is 44.4 Å². The quantitative estimate of drug-likeness (QED) is 0.745. The second-order valence-electron chi connectivity index (χ2n) is 6.19. The lowest BCUT2D eigenvalue weighted by Gasteiger charge is -2.12. The SMILES string of the molecule is CN(C)CCNc1ccc(CNC(=O)CCc2ccccc2)cc1. The Kier molecular flexibility index (Phi) is 7.30. The van der Waals surface area contributed by atoms with Gasteiger partial charge in [0.05, 0.1) is 0 Å². The molecule has 0 radical (unpaired) electrons. The minimum atomic E-state index is 0.0898. The standard InChI is InChI=1S/C20H27N3O/c1-23(2)15-14-21-19-11-8-18(9-12-19)16-22-20(24)13-10-17-6-4-3-5-7-17/h3-9,11-12,21H,10,13-16H2,1-2H3,(H,22,24). The van der Waals surface area contributed by atoms with Crippen LogP contribution in [0, 0.1) is 0 Å². The molecule has 2 aromatic carbocycles. The number of nitrogens with one attached hydrogen (secondary N) is 2. The van der Waals surface area contributed by atoms with Crippen LogP contribution in [-0.4, -0.2) is 38.0 Å². The summed E-state index contributed by atoms with van der Waals surface area (Å²) in [6.07, 6.45) is 1.30. The summed E-state index contributed by atoms with van der Waals surface area (Å²) in [7, 11) is 4.12. The number of carbonyl (C=O) groups is 1. The molecule has 4 nitrogen and oxygen atoms in total. The molecule has 0 aliphatic carbocycles. The van der Waals surface area contributed by atoms with Crippen molar-refractivity contribution in [1.82, 2.24) is 10.2 Å². The Bertz CT molecular complexity index is 609. The lowest BCUT2D eigenvalue weighted by atomic mass is 10.1. The molecule has 0 heterocycles. The minimum Gasteiger partial charge on any atom is -0.384 e. The zero-order valence-corrected chi connectivity index (χ0v) is 14.6. The summed E-state index contributed by atoms with van der Waals surface area (Å²) in [5.74, 6) is 0.0898. The van der Waals surface area contributed by atoms with E-state index >= 15 is 0 Å². The third-order valence-electron chi connectivity index (χ3n) is 3.82. The van der Waals surface area contributed by atoms with Crippen LogP contribution in [0.1, 0.15) is 17.5 Å². The van der Waals surface area contributed by atoms with E-state index in [9.17, 15) is 4.79 Å². The number of carbonyl (C=O) groups excluding carboxylic acids is 1. The lowest BCUT2D eigenvalue weighted by molar-refractivity contribution is -0.121. The van der Waals surface area contributed by atoms with Crippen LogP contribution in [0.5, 0.6) is 0 Å². The van der Waals surface area contributed by atoms with Crippen molar-refractivity contribution in [2.24, 2.45) is 0 Å². The predicted octanol–water partition coefficient (Wildman–Crippen LogP) is 2.91. The van der Waals surface area contributed by atoms with E-state index in [1.54, 1.807) is 0 Å². The van der Waals surface area contributed by atoms with E-state index in [0.717, 1.165) is 30.8 Å². The van der Waals surface area contributed by atoms with Crippen molar-refractivity contribution in [3.63, 3.8) is 0 Å². The molecular formula is C20H27N3O. The maximum absolute atomic E-state index is 11.9. The molecule has 4 heteroatoms. The normalized spacial score (nSPS) is 10.6. The van der Waals surface area contributed by atoms with E-state index in [1.165, 1.54) is 5.56 Å². The van der Waals surface area contributed by atoms with E-state index in [2.05, 4.69) is 66.0 Å². The molecule has 2 N–H and O–H groups in total. The highest BCUT2D eigenvalue weighted by atomic mass is 16.1. The Morgan fingerprint density at radius 3 is 2.33 bits per heavy atom. The van der Waals surface area contributed by atoms with Crippen molar-refractivity contribution in [3.05, 3.63) is 65.7 Å². The van der Waals surface area contributed by atoms with Crippen molar-refractivity contribution in [1.29, 1.82) is 0 Å². The van der Waals surface area contributed by atoms with Gasteiger partial charge in [0, 0.05) is 31.7 Å². The highest BCUT2D eigenvalue weighted by Crippen LogP contribution is 2.09. The molecule has 2 aromatic rings. The fourth-order valence-corrected chi connectivity index (χ4v) is 2.36. The molecule has 2 rings (SSSR count). The van der Waals surface area contributed by atoms with E-state index in [-0.39, 0.29) is 5.91 Å². The van der Waals surface area contributed by atoms with Gasteiger partial charge in [0.25, 0.3) is 0 Å². The van der Waals surface area contributed by atoms with Gasteiger partial charge in [-0.15, -0.1) is 0 Å². The Morgan fingerprint density at radius 2 is 1.67 bits per heavy atom. The summed E-state index contributed by atoms with van der Waals surface area (Å²) >= 11 is 0. The fraction of sp³-hybridized carbons (Fsp3) is 0.350. The number of benzene rings is 2. The summed E-state index contributed by atoms with van der Waals surface area (Å²) in [6.45, 7) is 2.49. The van der Waals surface area contributed by atoms with E-state index in [0.29, 0.717) is 13.0 Å². The van der Waals surface area contributed by atoms with Crippen molar-refractivity contribution < 1.29 is 4.79 Å². The first-order valence-corrected chi connectivity index (χ1v) is 8.41. The molecule has 24 heavy (non-hydrogen) atoms. The maximum atomic E-state index is 11.9. The smallest absolute Gasteiger partial charge is 0.220 e. The molecule has 0 aromatic heterocycles. The van der Waals surface area contributed by atoms with Crippen LogP contribution in [0.2, 0.25) is 0 Å². The van der Waals surface area contributed by atoms with Gasteiger partial charge in [-0.3, -0.25) is 4.79 Å². The maximum Gasteiger partial charge on any atom is 0.220 e. The summed E-state index contributed by atoms with van der Waals surface area (Å²) in [4.78, 5) is 14.1. The molecule has 0 aliphatic heterocycles. The first kappa shape index (κ1) is 18.0. The second kappa shape index (κ2) is 9.73. The van der Waals surface area contributed by atoms with Crippen LogP contribution in [0.25, 0.3) is 0 Å². The van der Waals surface area contributed by atoms with Crippen LogP contribution in [0.15, 0.2) is 54.6 Å². The molecule has 0 atom stereocenters. The number of amides is 1. The Labute approximate surface area is 144 Å². The number of aryl methyl sites for hydroxylation is 1. The fourth-order valence-electron chi connectivity index (χ4n) is 2.36. The zero-order chi connectivity index (χ0) is 17.2. The molecule has 0 spiro atoms. The molecule has 0 unspecified atom stereocenters. The van der Waals surface area contributed by atoms with Crippen molar-refractivity contribution in [2.45, 2.75) is 19.4 Å². The van der Waals surface area contributed by atoms with Crippen molar-refractivity contribution >= 4 is 11.6 Å². The Hall–Kier alpha value is -2.33. The third kappa shape index (κ3) is 6.84. The molecule has 1 amide bonds. The van der Waals surface area contributed by atoms with Gasteiger partial charge in [0.15, 0.2) is 0 Å². The van der Waals surface area contributed by atoms with Gasteiger partial charge < -0.3 is 15.5 Å². The number of hydrogen-bond acceptors (Lipinski definition) is 3. The highest BCUT2D eigenvalue weighted by molar-refractivity contribution is 5.76. The van der Waals surface area contributed by atoms with Gasteiger partial charge in [0.1, 0.15) is 0 Å². The first-order chi connectivity index (χ1) is 11.6. The van der Waals surface area contributed by atoms with Gasteiger partial charge in [-0.1, -0.05) is 42.5 Å². The van der Waals surface area contributed by atoms with Crippen LogP contribution in [0.4, 0.5) is 5.69 Å². The monoisotopic (exact) mass is 325 g/mol.